The predicted molar refractivity (Wildman–Crippen MR) is 15.9 cm³/mol. The summed E-state index contributed by atoms with van der Waals surface area (Å²) >= 11 is 0. The van der Waals surface area contributed by atoms with E-state index in [1.54, 1.807) is 0 Å². The number of hydrogen-bond donors (Lipinski definition) is 0. The normalized spacial score (nSPS) is 15.5. The van der Waals surface area contributed by atoms with Crippen LogP contribution >= 0.6 is 0 Å². The van der Waals surface area contributed by atoms with Crippen molar-refractivity contribution in [1.82, 2.24) is 0 Å². The molecule has 1 heteroatoms. The Labute approximate surface area is 26.4 Å². The third-order valence-corrected chi connectivity index (χ3v) is 0.109. The van der Waals surface area contributed by atoms with Crippen molar-refractivity contribution in [3.05, 3.63) is 12.4 Å². The van der Waals surface area contributed by atoms with Gasteiger partial charge in [0, 0.05) is 0 Å². The van der Waals surface area contributed by atoms with E-state index in [-0.39, 0.29) is 0 Å². The number of rotatable bonds is 0. The van der Waals surface area contributed by atoms with Crippen LogP contribution in [0.25, 0.3) is 0 Å². The fourth-order valence-electron chi connectivity index (χ4n) is 0. The molecule has 0 aromatic rings. The van der Waals surface area contributed by atoms with Crippen LogP contribution in [0.1, 0.15) is 8.29 Å². The maximum absolute atomic E-state index is 11.0. The van der Waals surface area contributed by atoms with Gasteiger partial charge in [0.05, 0.1) is 7.68 Å². The molecule has 0 aliphatic carbocycles. The van der Waals surface area contributed by atoms with Gasteiger partial charge in [0.1, 0.15) is 0 Å². The van der Waals surface area contributed by atoms with Gasteiger partial charge in [0.25, 0.3) is 0 Å². The van der Waals surface area contributed by atoms with Crippen LogP contribution in [0.5, 0.6) is 0 Å². The molecule has 0 saturated carbocycles. The third kappa shape index (κ3) is 1.67. The minimum atomic E-state index is -0.870. The van der Waals surface area contributed by atoms with E-state index in [9.17, 15) is 4.39 Å². The molecule has 0 heterocycles. The molecule has 0 rings (SSSR count). The van der Waals surface area contributed by atoms with Crippen LogP contribution in [0, 0.1) is 0 Å². The smallest absolute Gasteiger partial charge is 0.0952 e. The Bertz CT molecular complexity index is 44.9. The largest absolute Gasteiger partial charge is 0.216 e. The summed E-state index contributed by atoms with van der Waals surface area (Å²) in [7, 11) is 0. The molecule has 0 amide bonds. The molecule has 0 radical (unpaired) electrons. The van der Waals surface area contributed by atoms with Crippen molar-refractivity contribution in [2.45, 2.75) is 6.92 Å². The highest BCUT2D eigenvalue weighted by molar-refractivity contribution is 4.61. The van der Waals surface area contributed by atoms with Gasteiger partial charge in [-0.15, -0.1) is 0 Å². The fourth-order valence-corrected chi connectivity index (χ4v) is 0. The molecule has 0 saturated heterocycles. The lowest BCUT2D eigenvalue weighted by atomic mass is 10.8. The fraction of sp³-hybridized carbons (Fsp3) is 0.333. The zero-order chi connectivity index (χ0) is 4.28. The zero-order valence-electron chi connectivity index (χ0n) is 3.46. The molecular weight excluding hydrogens is 55.0 g/mol. The van der Waals surface area contributed by atoms with Crippen molar-refractivity contribution in [2.24, 2.45) is 0 Å². The van der Waals surface area contributed by atoms with E-state index < -0.39 is 6.31 Å². The summed E-state index contributed by atoms with van der Waals surface area (Å²) in [5.74, 6) is 0. The van der Waals surface area contributed by atoms with Crippen LogP contribution in [0.15, 0.2) is 12.4 Å². The van der Waals surface area contributed by atoms with Crippen LogP contribution in [0.3, 0.4) is 0 Å². The van der Waals surface area contributed by atoms with Crippen molar-refractivity contribution in [3.8, 4) is 0 Å². The molecule has 0 aliphatic rings. The van der Waals surface area contributed by atoms with Gasteiger partial charge in [-0.25, -0.2) is 4.39 Å². The molecule has 0 bridgehead atoms. The predicted octanol–water partition coefficient (Wildman–Crippen LogP) is 1.49. The van der Waals surface area contributed by atoms with E-state index in [2.05, 4.69) is 0 Å². The van der Waals surface area contributed by atoms with Crippen LogP contribution < -0.4 is 0 Å². The lowest BCUT2D eigenvalue weighted by molar-refractivity contribution is 0.719. The van der Waals surface area contributed by atoms with E-state index in [0.717, 1.165) is 6.08 Å². The van der Waals surface area contributed by atoms with Crippen molar-refractivity contribution >= 4 is 0 Å². The second kappa shape index (κ2) is 2.67. The number of halogens is 1. The Morgan fingerprint density at radius 1 is 2.25 bits per heavy atom. The van der Waals surface area contributed by atoms with Crippen molar-refractivity contribution in [3.63, 3.8) is 0 Å². The topological polar surface area (TPSA) is 0 Å². The average molecular weight is 61.1 g/mol. The Hall–Kier alpha value is -0.330. The Kier molecular flexibility index (Phi) is 1.30. The first-order valence-electron chi connectivity index (χ1n) is 1.56. The molecule has 0 aliphatic heterocycles. The van der Waals surface area contributed by atoms with Gasteiger partial charge in [0.2, 0.25) is 0 Å². The van der Waals surface area contributed by atoms with E-state index in [4.69, 9.17) is 1.37 Å². The Morgan fingerprint density at radius 3 is 2.50 bits per heavy atom. The molecule has 4 heavy (non-hydrogen) atoms. The first kappa shape index (κ1) is 1.94. The molecule has 0 nitrogen and oxygen atoms in total. The van der Waals surface area contributed by atoms with Crippen LogP contribution in [0.2, 0.25) is 0 Å². The molecule has 0 fully saturated rings. The highest BCUT2D eigenvalue weighted by atomic mass is 19.1. The summed E-state index contributed by atoms with van der Waals surface area (Å²) < 4.78 is 17.0. The second-order valence-corrected chi connectivity index (χ2v) is 0.398. The average Bonchev–Trinajstić information content (AvgIpc) is 1.38. The molecule has 24 valence electrons. The quantitative estimate of drug-likeness (QED) is 0.398. The van der Waals surface area contributed by atoms with E-state index in [0.29, 0.717) is 0 Å². The molecule has 0 N–H and O–H groups in total. The molecule has 0 aromatic heterocycles. The summed E-state index contributed by atoms with van der Waals surface area (Å²) in [6.45, 7) is 1.47. The van der Waals surface area contributed by atoms with Gasteiger partial charge < -0.3 is 0 Å². The first-order valence-corrected chi connectivity index (χ1v) is 1.06. The van der Waals surface area contributed by atoms with E-state index >= 15 is 0 Å². The summed E-state index contributed by atoms with van der Waals surface area (Å²) in [6, 6.07) is 0. The van der Waals surface area contributed by atoms with Crippen LogP contribution in [-0.4, -0.2) is 0 Å². The SMILES string of the molecule is [2H]/C(F)=C/C. The summed E-state index contributed by atoms with van der Waals surface area (Å²) in [5, 5.41) is 0. The highest BCUT2D eigenvalue weighted by Gasteiger charge is 1.38. The maximum Gasteiger partial charge on any atom is 0.0952 e. The van der Waals surface area contributed by atoms with Crippen molar-refractivity contribution < 1.29 is 5.76 Å². The standard InChI is InChI=1S/C3H5F/c1-2-3-4/h2-3H,1H3/b3-2-/i3D. The highest BCUT2D eigenvalue weighted by Crippen LogP contribution is 1.62. The van der Waals surface area contributed by atoms with Crippen molar-refractivity contribution in [1.29, 1.82) is 0 Å². The summed E-state index contributed by atoms with van der Waals surface area (Å²) in [5.41, 5.74) is 0. The third-order valence-electron chi connectivity index (χ3n) is 0.109. The van der Waals surface area contributed by atoms with Crippen LogP contribution in [-0.2, 0) is 0 Å². The zero-order valence-corrected chi connectivity index (χ0v) is 2.46. The van der Waals surface area contributed by atoms with Gasteiger partial charge in [-0.2, -0.15) is 0 Å². The number of allylic oxidation sites excluding steroid dienone is 1. The van der Waals surface area contributed by atoms with E-state index in [1.165, 1.54) is 6.92 Å². The van der Waals surface area contributed by atoms with E-state index in [1.807, 2.05) is 0 Å². The first-order chi connectivity index (χ1) is 2.27. The molecule has 0 spiro atoms. The molecule has 0 unspecified atom stereocenters. The van der Waals surface area contributed by atoms with Gasteiger partial charge in [-0.1, -0.05) is 6.08 Å². The van der Waals surface area contributed by atoms with Crippen molar-refractivity contribution in [2.75, 3.05) is 0 Å². The molecular formula is C3H5F. The lowest BCUT2D eigenvalue weighted by Crippen LogP contribution is -1.22. The van der Waals surface area contributed by atoms with Gasteiger partial charge in [0.15, 0.2) is 0 Å². The Morgan fingerprint density at radius 2 is 2.50 bits per heavy atom. The summed E-state index contributed by atoms with van der Waals surface area (Å²) in [4.78, 5) is 0. The van der Waals surface area contributed by atoms with Gasteiger partial charge in [-0.3, -0.25) is 0 Å². The minimum Gasteiger partial charge on any atom is -0.216 e. The Balaban J connectivity index is 3.14. The lowest BCUT2D eigenvalue weighted by Gasteiger charge is -1.45. The maximum atomic E-state index is 11.0. The van der Waals surface area contributed by atoms with Crippen LogP contribution in [0.4, 0.5) is 4.39 Å². The van der Waals surface area contributed by atoms with Gasteiger partial charge in [-0.05, 0) is 6.92 Å². The molecule has 0 atom stereocenters. The monoisotopic (exact) mass is 61.0 g/mol. The number of hydrogen-bond acceptors (Lipinski definition) is 0. The second-order valence-electron chi connectivity index (χ2n) is 0.398. The van der Waals surface area contributed by atoms with Gasteiger partial charge >= 0.3 is 0 Å². The minimum absolute atomic E-state index is 0.870. The summed E-state index contributed by atoms with van der Waals surface area (Å²) in [6.07, 6.45) is 0.213. The molecule has 0 aromatic carbocycles.